The van der Waals surface area contributed by atoms with Crippen molar-refractivity contribution in [3.63, 3.8) is 0 Å². The van der Waals surface area contributed by atoms with Crippen LogP contribution in [0, 0.1) is 12.8 Å². The molecule has 0 aromatic rings. The summed E-state index contributed by atoms with van der Waals surface area (Å²) in [5, 5.41) is 2.77. The fourth-order valence-electron chi connectivity index (χ4n) is 1.30. The van der Waals surface area contributed by atoms with E-state index in [2.05, 4.69) is 12.2 Å². The van der Waals surface area contributed by atoms with Crippen LogP contribution in [0.25, 0.3) is 5.73 Å². The van der Waals surface area contributed by atoms with E-state index in [0.29, 0.717) is 13.0 Å². The van der Waals surface area contributed by atoms with Gasteiger partial charge in [0.05, 0.1) is 0 Å². The molecule has 0 saturated carbocycles. The van der Waals surface area contributed by atoms with Crippen LogP contribution >= 0.6 is 0 Å². The van der Waals surface area contributed by atoms with E-state index in [4.69, 9.17) is 5.73 Å². The van der Waals surface area contributed by atoms with Crippen LogP contribution < -0.4 is 5.32 Å². The summed E-state index contributed by atoms with van der Waals surface area (Å²) in [6, 6.07) is -0.603. The molecule has 0 aliphatic rings. The second kappa shape index (κ2) is 15.6. The Labute approximate surface area is 151 Å². The zero-order valence-corrected chi connectivity index (χ0v) is 18.1. The molecule has 2 atom stereocenters. The number of hydrogen-bond acceptors (Lipinski definition) is 2. The number of allylic oxidation sites excluding steroid dienone is 1. The molecule has 0 saturated heterocycles. The largest absolute Gasteiger partial charge is 0.669 e. The molecule has 20 heavy (non-hydrogen) atoms. The molecule has 4 nitrogen and oxygen atoms in total. The summed E-state index contributed by atoms with van der Waals surface area (Å²) in [7, 11) is 0. The van der Waals surface area contributed by atoms with Crippen molar-refractivity contribution in [1.82, 2.24) is 5.32 Å². The molecule has 6 heteroatoms. The number of nitrogens with one attached hydrogen (secondary N) is 2. The molecule has 2 unspecified atom stereocenters. The van der Waals surface area contributed by atoms with Crippen molar-refractivity contribution in [2.45, 2.75) is 45.6 Å². The molecule has 0 bridgehead atoms. The predicted octanol–water partition coefficient (Wildman–Crippen LogP) is 2.69. The molecule has 0 aromatic heterocycles. The molecule has 0 rings (SSSR count). The smallest absolute Gasteiger partial charge is 0.192 e. The van der Waals surface area contributed by atoms with Crippen molar-refractivity contribution in [3.05, 3.63) is 24.8 Å². The summed E-state index contributed by atoms with van der Waals surface area (Å²) in [5.74, 6) is -0.245. The second-order valence-corrected chi connectivity index (χ2v) is 4.53. The standard InChI is InChI=1S/C14H24N2O2.2W/c1-11(2)14(18)16-10-8-6-4-5-7-9-13(17)12(3)15;;/h4,6,11-12,15H,1,5,7-10H2,2-3H3,(H,16,18);;/q-2;;. The Bertz CT molecular complexity index is 265. The Morgan fingerprint density at radius 2 is 1.75 bits per heavy atom. The minimum absolute atomic E-state index is 0. The van der Waals surface area contributed by atoms with E-state index in [1.807, 2.05) is 12.2 Å². The van der Waals surface area contributed by atoms with Crippen molar-refractivity contribution in [2.75, 3.05) is 6.54 Å². The summed E-state index contributed by atoms with van der Waals surface area (Å²) >= 11 is 0. The van der Waals surface area contributed by atoms with Crippen molar-refractivity contribution >= 4 is 11.7 Å². The van der Waals surface area contributed by atoms with E-state index in [1.54, 1.807) is 13.8 Å². The molecule has 0 aliphatic carbocycles. The number of carbonyl (C=O) groups is 2. The Morgan fingerprint density at radius 3 is 2.25 bits per heavy atom. The summed E-state index contributed by atoms with van der Waals surface area (Å²) in [4.78, 5) is 22.3. The van der Waals surface area contributed by atoms with Crippen LogP contribution in [0.1, 0.15) is 39.5 Å². The summed E-state index contributed by atoms with van der Waals surface area (Å²) in [6.45, 7) is 7.62. The van der Waals surface area contributed by atoms with Crippen LogP contribution in [0.2, 0.25) is 0 Å². The van der Waals surface area contributed by atoms with Gasteiger partial charge in [-0.1, -0.05) is 38.0 Å². The van der Waals surface area contributed by atoms with Gasteiger partial charge in [0.1, 0.15) is 5.78 Å². The monoisotopic (exact) mass is 620 g/mol. The van der Waals surface area contributed by atoms with Gasteiger partial charge >= 0.3 is 0 Å². The molecule has 0 heterocycles. The number of rotatable bonds is 9. The van der Waals surface area contributed by atoms with Crippen LogP contribution in [0.4, 0.5) is 0 Å². The minimum Gasteiger partial charge on any atom is -0.669 e. The van der Waals surface area contributed by atoms with Gasteiger partial charge in [0.15, 0.2) is 5.91 Å². The van der Waals surface area contributed by atoms with Gasteiger partial charge in [-0.25, -0.2) is 0 Å². The number of hydrogen-bond donors (Lipinski definition) is 1. The molecule has 0 aromatic carbocycles. The van der Waals surface area contributed by atoms with Crippen molar-refractivity contribution in [2.24, 2.45) is 5.92 Å². The van der Waals surface area contributed by atoms with Gasteiger partial charge in [0, 0.05) is 55.1 Å². The zero-order valence-electron chi connectivity index (χ0n) is 12.2. The van der Waals surface area contributed by atoms with Crippen LogP contribution in [0.15, 0.2) is 12.2 Å². The normalized spacial score (nSPS) is 13.0. The number of ketones is 1. The average Bonchev–Trinajstić information content (AvgIpc) is 2.31. The third-order valence-corrected chi connectivity index (χ3v) is 2.50. The predicted molar refractivity (Wildman–Crippen MR) is 73.9 cm³/mol. The fourth-order valence-corrected chi connectivity index (χ4v) is 1.30. The van der Waals surface area contributed by atoms with E-state index < -0.39 is 6.04 Å². The van der Waals surface area contributed by atoms with E-state index in [9.17, 15) is 9.59 Å². The molecule has 1 amide bonds. The Kier molecular flexibility index (Phi) is 19.6. The summed E-state index contributed by atoms with van der Waals surface area (Å²) in [5.41, 5.74) is 7.22. The van der Waals surface area contributed by atoms with Crippen molar-refractivity contribution < 1.29 is 51.7 Å². The fraction of sp³-hybridized carbons (Fsp3) is 0.643. The molecule has 0 radical (unpaired) electrons. The number of amides is 1. The maximum absolute atomic E-state index is 11.2. The van der Waals surface area contributed by atoms with E-state index in [-0.39, 0.29) is 59.7 Å². The Morgan fingerprint density at radius 1 is 1.20 bits per heavy atom. The van der Waals surface area contributed by atoms with Gasteiger partial charge in [-0.2, -0.15) is 0 Å². The number of Topliss-reactive ketones (excluding diaryl/α,β-unsaturated/α-hetero) is 1. The maximum atomic E-state index is 11.2. The van der Waals surface area contributed by atoms with Gasteiger partial charge < -0.3 is 22.8 Å². The van der Waals surface area contributed by atoms with Gasteiger partial charge in [-0.3, -0.25) is 4.79 Å². The first-order valence-electron chi connectivity index (χ1n) is 6.44. The molecule has 116 valence electrons. The third kappa shape index (κ3) is 14.6. The Hall–Kier alpha value is 0.217. The maximum Gasteiger partial charge on any atom is 0.192 e. The first-order chi connectivity index (χ1) is 8.45. The van der Waals surface area contributed by atoms with Crippen LogP contribution in [0.5, 0.6) is 0 Å². The van der Waals surface area contributed by atoms with Gasteiger partial charge in [0.25, 0.3) is 0 Å². The quantitative estimate of drug-likeness (QED) is 0.245. The van der Waals surface area contributed by atoms with Crippen LogP contribution in [-0.4, -0.2) is 24.3 Å². The van der Waals surface area contributed by atoms with Crippen molar-refractivity contribution in [1.29, 1.82) is 0 Å². The van der Waals surface area contributed by atoms with E-state index >= 15 is 0 Å². The molecular weight excluding hydrogens is 596 g/mol. The van der Waals surface area contributed by atoms with Crippen LogP contribution in [0.3, 0.4) is 0 Å². The SMILES string of the molecule is [CH2-]C(C)C(=O)NCCC=CCCCC(=O)C(C)[NH-].[W].[W]. The summed E-state index contributed by atoms with van der Waals surface area (Å²) in [6.07, 6.45) is 6.93. The molecule has 2 N–H and O–H groups in total. The third-order valence-electron chi connectivity index (χ3n) is 2.50. The number of carbonyl (C=O) groups excluding carboxylic acids is 2. The molecule has 0 spiro atoms. The van der Waals surface area contributed by atoms with Gasteiger partial charge in [-0.05, 0) is 19.3 Å². The minimum atomic E-state index is -0.603. The topological polar surface area (TPSA) is 70.0 Å². The average molecular weight is 620 g/mol. The Balaban J connectivity index is -0.00000144. The van der Waals surface area contributed by atoms with E-state index in [0.717, 1.165) is 19.3 Å². The molecule has 0 fully saturated rings. The van der Waals surface area contributed by atoms with Crippen LogP contribution in [-0.2, 0) is 51.7 Å². The first-order valence-corrected chi connectivity index (χ1v) is 6.44. The molecular formula is C14H24N2O2W2-2. The van der Waals surface area contributed by atoms with Gasteiger partial charge in [-0.15, -0.1) is 0 Å². The molecule has 0 aliphatic heterocycles. The van der Waals surface area contributed by atoms with E-state index in [1.165, 1.54) is 0 Å². The zero-order chi connectivity index (χ0) is 14.0. The second-order valence-electron chi connectivity index (χ2n) is 4.53. The van der Waals surface area contributed by atoms with Crippen molar-refractivity contribution in [3.8, 4) is 0 Å². The number of unbranched alkanes of at least 4 members (excludes halogenated alkanes) is 1. The summed E-state index contributed by atoms with van der Waals surface area (Å²) < 4.78 is 0. The van der Waals surface area contributed by atoms with Gasteiger partial charge in [0.2, 0.25) is 0 Å². The first kappa shape index (κ1) is 25.2.